The van der Waals surface area contributed by atoms with Gasteiger partial charge in [-0.05, 0) is 24.3 Å². The molecule has 2 heterocycles. The van der Waals surface area contributed by atoms with Crippen LogP contribution >= 0.6 is 0 Å². The first kappa shape index (κ1) is 14.8. The number of para-hydroxylation sites is 4. The van der Waals surface area contributed by atoms with Crippen molar-refractivity contribution in [3.63, 3.8) is 0 Å². The number of aromatic nitrogens is 1. The van der Waals surface area contributed by atoms with E-state index in [2.05, 4.69) is 65.6 Å². The lowest BCUT2D eigenvalue weighted by Crippen LogP contribution is -1.62. The van der Waals surface area contributed by atoms with Gasteiger partial charge >= 0.3 is 0 Å². The zero-order valence-electron chi connectivity index (χ0n) is 14.1. The molecule has 0 fully saturated rings. The van der Waals surface area contributed by atoms with E-state index in [-0.39, 0.29) is 0 Å². The molecule has 6 aromatic rings. The summed E-state index contributed by atoms with van der Waals surface area (Å²) in [6, 6.07) is 33.0. The van der Waals surface area contributed by atoms with Crippen molar-refractivity contribution < 1.29 is 4.42 Å². The Morgan fingerprint density at radius 1 is 0.423 bits per heavy atom. The topological polar surface area (TPSA) is 28.9 Å². The van der Waals surface area contributed by atoms with E-state index in [0.29, 0.717) is 0 Å². The first-order valence-electron chi connectivity index (χ1n) is 8.72. The van der Waals surface area contributed by atoms with E-state index in [9.17, 15) is 0 Å². The Labute approximate surface area is 150 Å². The molecule has 0 saturated heterocycles. The lowest BCUT2D eigenvalue weighted by molar-refractivity contribution is 0.669. The number of hydrogen-bond acceptors (Lipinski definition) is 1. The van der Waals surface area contributed by atoms with Gasteiger partial charge in [0.05, 0.1) is 0 Å². The average molecular weight is 335 g/mol. The molecular formula is C24H17NO. The van der Waals surface area contributed by atoms with Crippen LogP contribution in [-0.2, 0) is 0 Å². The fourth-order valence-electron chi connectivity index (χ4n) is 3.47. The average Bonchev–Trinajstić information content (AvgIpc) is 3.27. The smallest absolute Gasteiger partial charge is 0.135 e. The molecule has 2 nitrogen and oxygen atoms in total. The van der Waals surface area contributed by atoms with Crippen LogP contribution in [0.15, 0.2) is 101 Å². The van der Waals surface area contributed by atoms with Gasteiger partial charge in [-0.25, -0.2) is 0 Å². The van der Waals surface area contributed by atoms with Gasteiger partial charge in [0.2, 0.25) is 0 Å². The molecule has 0 spiro atoms. The van der Waals surface area contributed by atoms with Crippen molar-refractivity contribution in [3.8, 4) is 0 Å². The summed E-state index contributed by atoms with van der Waals surface area (Å²) >= 11 is 0. The van der Waals surface area contributed by atoms with E-state index in [0.717, 1.165) is 11.2 Å². The maximum absolute atomic E-state index is 5.65. The second kappa shape index (κ2) is 6.08. The van der Waals surface area contributed by atoms with E-state index in [1.54, 1.807) is 0 Å². The van der Waals surface area contributed by atoms with Crippen LogP contribution in [0.3, 0.4) is 0 Å². The monoisotopic (exact) mass is 335 g/mol. The zero-order valence-corrected chi connectivity index (χ0v) is 14.1. The first-order valence-corrected chi connectivity index (χ1v) is 8.72. The minimum Gasteiger partial charge on any atom is -0.456 e. The van der Waals surface area contributed by atoms with Crippen LogP contribution in [0.5, 0.6) is 0 Å². The molecule has 0 bridgehead atoms. The summed E-state index contributed by atoms with van der Waals surface area (Å²) in [5.74, 6) is 0. The van der Waals surface area contributed by atoms with Crippen molar-refractivity contribution in [2.45, 2.75) is 0 Å². The summed E-state index contributed by atoms with van der Waals surface area (Å²) < 4.78 is 5.65. The van der Waals surface area contributed by atoms with Crippen molar-refractivity contribution in [2.24, 2.45) is 0 Å². The van der Waals surface area contributed by atoms with Gasteiger partial charge < -0.3 is 9.40 Å². The maximum Gasteiger partial charge on any atom is 0.135 e. The maximum atomic E-state index is 5.65. The van der Waals surface area contributed by atoms with Crippen molar-refractivity contribution in [1.82, 2.24) is 4.98 Å². The van der Waals surface area contributed by atoms with Gasteiger partial charge in [-0.2, -0.15) is 0 Å². The van der Waals surface area contributed by atoms with Crippen molar-refractivity contribution in [3.05, 3.63) is 97.1 Å². The molecule has 0 aliphatic carbocycles. The van der Waals surface area contributed by atoms with Crippen LogP contribution in [-0.4, -0.2) is 4.98 Å². The molecule has 0 atom stereocenters. The van der Waals surface area contributed by atoms with E-state index in [1.165, 1.54) is 32.6 Å². The highest BCUT2D eigenvalue weighted by atomic mass is 16.3. The van der Waals surface area contributed by atoms with Crippen LogP contribution in [0, 0.1) is 0 Å². The molecule has 4 aromatic carbocycles. The van der Waals surface area contributed by atoms with Crippen molar-refractivity contribution >= 4 is 43.7 Å². The fraction of sp³-hybridized carbons (Fsp3) is 0. The molecule has 2 heteroatoms. The van der Waals surface area contributed by atoms with Crippen molar-refractivity contribution in [2.75, 3.05) is 0 Å². The SMILES string of the molecule is c1ccc2c(c1)[nH]c1ccccc12.c1ccc2c(c1)oc1ccccc12. The number of furan rings is 1. The quantitative estimate of drug-likeness (QED) is 0.321. The van der Waals surface area contributed by atoms with Gasteiger partial charge in [0.1, 0.15) is 11.2 Å². The molecule has 26 heavy (non-hydrogen) atoms. The standard InChI is InChI=1S/C12H9N.C12H8O/c2*1-3-7-11-9(5-1)10-6-2-4-8-12(10)13-11/h1-8,13H;1-8H. The minimum absolute atomic E-state index is 0.962. The molecule has 0 unspecified atom stereocenters. The molecule has 0 aliphatic heterocycles. The zero-order chi connectivity index (χ0) is 17.3. The van der Waals surface area contributed by atoms with Crippen LogP contribution in [0.4, 0.5) is 0 Å². The third-order valence-corrected chi connectivity index (χ3v) is 4.70. The third-order valence-electron chi connectivity index (χ3n) is 4.70. The lowest BCUT2D eigenvalue weighted by atomic mass is 10.2. The molecule has 2 aromatic heterocycles. The summed E-state index contributed by atoms with van der Waals surface area (Å²) in [5, 5.41) is 4.99. The van der Waals surface area contributed by atoms with E-state index >= 15 is 0 Å². The van der Waals surface area contributed by atoms with Gasteiger partial charge in [-0.1, -0.05) is 72.8 Å². The number of hydrogen-bond donors (Lipinski definition) is 1. The van der Waals surface area contributed by atoms with Gasteiger partial charge in [-0.15, -0.1) is 0 Å². The Balaban J connectivity index is 0.000000115. The Morgan fingerprint density at radius 2 is 0.808 bits per heavy atom. The number of nitrogens with one attached hydrogen (secondary N) is 1. The largest absolute Gasteiger partial charge is 0.456 e. The van der Waals surface area contributed by atoms with Gasteiger partial charge in [0, 0.05) is 32.6 Å². The molecule has 0 amide bonds. The third kappa shape index (κ3) is 2.44. The summed E-state index contributed by atoms with van der Waals surface area (Å²) in [7, 11) is 0. The molecule has 0 saturated carbocycles. The molecule has 0 radical (unpaired) electrons. The van der Waals surface area contributed by atoms with E-state index in [4.69, 9.17) is 4.42 Å². The van der Waals surface area contributed by atoms with E-state index in [1.807, 2.05) is 36.4 Å². The number of rotatable bonds is 0. The summed E-state index contributed by atoms with van der Waals surface area (Å²) in [6.07, 6.45) is 0. The molecular weight excluding hydrogens is 318 g/mol. The second-order valence-corrected chi connectivity index (χ2v) is 6.31. The predicted molar refractivity (Wildman–Crippen MR) is 110 cm³/mol. The molecule has 1 N–H and O–H groups in total. The van der Waals surface area contributed by atoms with Crippen LogP contribution in [0.2, 0.25) is 0 Å². The lowest BCUT2D eigenvalue weighted by Gasteiger charge is -1.87. The second-order valence-electron chi connectivity index (χ2n) is 6.31. The summed E-state index contributed by atoms with van der Waals surface area (Å²) in [5.41, 5.74) is 4.35. The van der Waals surface area contributed by atoms with E-state index < -0.39 is 0 Å². The highest BCUT2D eigenvalue weighted by Crippen LogP contribution is 2.27. The van der Waals surface area contributed by atoms with Crippen LogP contribution < -0.4 is 0 Å². The highest BCUT2D eigenvalue weighted by molar-refractivity contribution is 6.07. The van der Waals surface area contributed by atoms with Gasteiger partial charge in [0.25, 0.3) is 0 Å². The Kier molecular flexibility index (Phi) is 3.46. The number of aromatic amines is 1. The van der Waals surface area contributed by atoms with Crippen LogP contribution in [0.25, 0.3) is 43.7 Å². The first-order chi connectivity index (χ1) is 12.9. The Morgan fingerprint density at radius 3 is 1.31 bits per heavy atom. The number of H-pyrrole nitrogens is 1. The van der Waals surface area contributed by atoms with Gasteiger partial charge in [-0.3, -0.25) is 0 Å². The fourth-order valence-corrected chi connectivity index (χ4v) is 3.47. The van der Waals surface area contributed by atoms with Gasteiger partial charge in [0.15, 0.2) is 0 Å². The number of benzene rings is 4. The normalized spacial score (nSPS) is 11.1. The summed E-state index contributed by atoms with van der Waals surface area (Å²) in [6.45, 7) is 0. The molecule has 6 rings (SSSR count). The Hall–Kier alpha value is -3.52. The summed E-state index contributed by atoms with van der Waals surface area (Å²) in [4.78, 5) is 3.38. The Bertz CT molecular complexity index is 1130. The molecule has 0 aliphatic rings. The molecule has 124 valence electrons. The van der Waals surface area contributed by atoms with Crippen LogP contribution in [0.1, 0.15) is 0 Å². The number of fused-ring (bicyclic) bond motifs is 6. The predicted octanol–water partition coefficient (Wildman–Crippen LogP) is 6.91. The highest BCUT2D eigenvalue weighted by Gasteiger charge is 2.03. The van der Waals surface area contributed by atoms with Crippen molar-refractivity contribution in [1.29, 1.82) is 0 Å². The minimum atomic E-state index is 0.962.